The zero-order chi connectivity index (χ0) is 16.8. The average molecular weight is 339 g/mol. The van der Waals surface area contributed by atoms with Gasteiger partial charge in [-0.15, -0.1) is 0 Å². The van der Waals surface area contributed by atoms with Crippen molar-refractivity contribution in [3.05, 3.63) is 40.4 Å². The van der Waals surface area contributed by atoms with Gasteiger partial charge in [0.1, 0.15) is 5.75 Å². The minimum atomic E-state index is 0.125. The van der Waals surface area contributed by atoms with Gasteiger partial charge in [0.25, 0.3) is 0 Å². The summed E-state index contributed by atoms with van der Waals surface area (Å²) in [6, 6.07) is 5.76. The average Bonchev–Trinajstić information content (AvgIpc) is 2.50. The predicted octanol–water partition coefficient (Wildman–Crippen LogP) is 2.88. The Labute approximate surface area is 144 Å². The predicted molar refractivity (Wildman–Crippen MR) is 94.9 cm³/mol. The van der Waals surface area contributed by atoms with Gasteiger partial charge < -0.3 is 10.2 Å². The first-order valence-corrected chi connectivity index (χ1v) is 8.55. The molecule has 1 fully saturated rings. The summed E-state index contributed by atoms with van der Waals surface area (Å²) in [5.74, 6) is 0.125. The lowest BCUT2D eigenvalue weighted by Crippen LogP contribution is -2.53. The molecular formula is C18H27ClN2O2. The third kappa shape index (κ3) is 5.50. The first-order chi connectivity index (χ1) is 11.0. The first kappa shape index (κ1) is 18.3. The second-order valence-corrected chi connectivity index (χ2v) is 6.87. The summed E-state index contributed by atoms with van der Waals surface area (Å²) in [5.41, 5.74) is 2.43. The van der Waals surface area contributed by atoms with E-state index in [1.165, 1.54) is 5.57 Å². The number of aliphatic hydroxyl groups is 1. The highest BCUT2D eigenvalue weighted by Gasteiger charge is 2.25. The number of aliphatic hydroxyl groups excluding tert-OH is 1. The Hall–Kier alpha value is -1.07. The highest BCUT2D eigenvalue weighted by atomic mass is 35.5. The van der Waals surface area contributed by atoms with Gasteiger partial charge >= 0.3 is 0 Å². The van der Waals surface area contributed by atoms with Crippen molar-refractivity contribution < 1.29 is 10.2 Å². The zero-order valence-corrected chi connectivity index (χ0v) is 14.8. The van der Waals surface area contributed by atoms with Crippen LogP contribution in [0.4, 0.5) is 0 Å². The highest BCUT2D eigenvalue weighted by Crippen LogP contribution is 2.25. The molecule has 1 aliphatic rings. The number of phenolic OH excluding ortho intramolecular Hbond substituents is 1. The van der Waals surface area contributed by atoms with Gasteiger partial charge in [0.05, 0.1) is 5.02 Å². The molecule has 1 aromatic rings. The van der Waals surface area contributed by atoms with E-state index in [-0.39, 0.29) is 12.4 Å². The van der Waals surface area contributed by atoms with E-state index < -0.39 is 0 Å². The van der Waals surface area contributed by atoms with E-state index in [1.54, 1.807) is 6.07 Å². The summed E-state index contributed by atoms with van der Waals surface area (Å²) in [7, 11) is 0. The molecule has 1 aromatic carbocycles. The Kier molecular flexibility index (Phi) is 6.90. The maximum absolute atomic E-state index is 9.51. The van der Waals surface area contributed by atoms with Crippen LogP contribution in [0.15, 0.2) is 29.8 Å². The molecule has 2 N–H and O–H groups in total. The zero-order valence-electron chi connectivity index (χ0n) is 14.0. The number of halogens is 1. The van der Waals surface area contributed by atoms with E-state index in [0.717, 1.165) is 44.7 Å². The maximum Gasteiger partial charge on any atom is 0.134 e. The summed E-state index contributed by atoms with van der Waals surface area (Å²) >= 11 is 5.99. The molecule has 0 saturated carbocycles. The lowest BCUT2D eigenvalue weighted by molar-refractivity contribution is 0.0636. The van der Waals surface area contributed by atoms with E-state index in [2.05, 4.69) is 29.7 Å². The minimum Gasteiger partial charge on any atom is -0.506 e. The van der Waals surface area contributed by atoms with Crippen molar-refractivity contribution in [3.63, 3.8) is 0 Å². The van der Waals surface area contributed by atoms with Gasteiger partial charge in [0, 0.05) is 45.4 Å². The number of phenols is 1. The minimum absolute atomic E-state index is 0.125. The molecule has 0 aromatic heterocycles. The normalized spacial score (nSPS) is 19.7. The monoisotopic (exact) mass is 338 g/mol. The van der Waals surface area contributed by atoms with E-state index in [0.29, 0.717) is 11.1 Å². The van der Waals surface area contributed by atoms with Crippen LogP contribution in [-0.2, 0) is 6.54 Å². The molecule has 128 valence electrons. The van der Waals surface area contributed by atoms with Gasteiger partial charge in [-0.25, -0.2) is 0 Å². The Morgan fingerprint density at radius 1 is 1.35 bits per heavy atom. The highest BCUT2D eigenvalue weighted by molar-refractivity contribution is 6.32. The number of rotatable bonds is 6. The smallest absolute Gasteiger partial charge is 0.134 e. The van der Waals surface area contributed by atoms with Gasteiger partial charge in [-0.3, -0.25) is 9.80 Å². The van der Waals surface area contributed by atoms with E-state index in [1.807, 2.05) is 12.1 Å². The van der Waals surface area contributed by atoms with Crippen LogP contribution < -0.4 is 0 Å². The molecule has 0 radical (unpaired) electrons. The lowest BCUT2D eigenvalue weighted by Gasteiger charge is -2.41. The fourth-order valence-electron chi connectivity index (χ4n) is 2.97. The Balaban J connectivity index is 1.97. The van der Waals surface area contributed by atoms with Crippen LogP contribution >= 0.6 is 11.6 Å². The van der Waals surface area contributed by atoms with Crippen molar-refractivity contribution in [2.45, 2.75) is 32.9 Å². The van der Waals surface area contributed by atoms with Gasteiger partial charge in [-0.05, 0) is 38.0 Å². The Morgan fingerprint density at radius 2 is 2.13 bits per heavy atom. The molecule has 1 saturated heterocycles. The molecular weight excluding hydrogens is 312 g/mol. The molecule has 5 heteroatoms. The van der Waals surface area contributed by atoms with Gasteiger partial charge in [0.2, 0.25) is 0 Å². The van der Waals surface area contributed by atoms with E-state index in [9.17, 15) is 10.2 Å². The van der Waals surface area contributed by atoms with Gasteiger partial charge in [-0.2, -0.15) is 0 Å². The molecule has 0 bridgehead atoms. The van der Waals surface area contributed by atoms with Crippen molar-refractivity contribution in [2.24, 2.45) is 0 Å². The molecule has 0 amide bonds. The van der Waals surface area contributed by atoms with Crippen molar-refractivity contribution in [1.82, 2.24) is 9.80 Å². The molecule has 4 nitrogen and oxygen atoms in total. The molecule has 0 aliphatic carbocycles. The standard InChI is InChI=1S/C18H27ClN2O2/c1-14(2)5-7-21-9-8-20(13-16(21)6-10-22)12-15-3-4-18(23)17(19)11-15/h3-5,11,16,22-23H,6-10,12-13H2,1-2H3/t16-/m0/s1. The van der Waals surface area contributed by atoms with Crippen molar-refractivity contribution in [1.29, 1.82) is 0 Å². The van der Waals surface area contributed by atoms with Crippen molar-refractivity contribution in [3.8, 4) is 5.75 Å². The van der Waals surface area contributed by atoms with Gasteiger partial charge in [-0.1, -0.05) is 29.3 Å². The van der Waals surface area contributed by atoms with Crippen LogP contribution in [0.1, 0.15) is 25.8 Å². The molecule has 2 rings (SSSR count). The van der Waals surface area contributed by atoms with Crippen LogP contribution in [-0.4, -0.2) is 58.8 Å². The fraction of sp³-hybridized carbons (Fsp3) is 0.556. The van der Waals surface area contributed by atoms with Crippen LogP contribution in [0.3, 0.4) is 0 Å². The van der Waals surface area contributed by atoms with Crippen molar-refractivity contribution >= 4 is 11.6 Å². The molecule has 1 atom stereocenters. The quantitative estimate of drug-likeness (QED) is 0.783. The second-order valence-electron chi connectivity index (χ2n) is 6.46. The molecule has 0 spiro atoms. The van der Waals surface area contributed by atoms with Crippen LogP contribution in [0.5, 0.6) is 5.75 Å². The fourth-order valence-corrected chi connectivity index (χ4v) is 3.17. The molecule has 0 unspecified atom stereocenters. The van der Waals surface area contributed by atoms with E-state index >= 15 is 0 Å². The summed E-state index contributed by atoms with van der Waals surface area (Å²) < 4.78 is 0. The first-order valence-electron chi connectivity index (χ1n) is 8.17. The number of hydrogen-bond acceptors (Lipinski definition) is 4. The van der Waals surface area contributed by atoms with Gasteiger partial charge in [0.15, 0.2) is 0 Å². The second kappa shape index (κ2) is 8.69. The number of aromatic hydroxyl groups is 1. The van der Waals surface area contributed by atoms with Crippen LogP contribution in [0.2, 0.25) is 5.02 Å². The number of benzene rings is 1. The molecule has 1 aliphatic heterocycles. The number of piperazine rings is 1. The van der Waals surface area contributed by atoms with Crippen LogP contribution in [0.25, 0.3) is 0 Å². The largest absolute Gasteiger partial charge is 0.506 e. The maximum atomic E-state index is 9.51. The summed E-state index contributed by atoms with van der Waals surface area (Å²) in [5, 5.41) is 19.3. The number of hydrogen-bond donors (Lipinski definition) is 2. The topological polar surface area (TPSA) is 46.9 Å². The van der Waals surface area contributed by atoms with Crippen LogP contribution in [0, 0.1) is 0 Å². The number of nitrogens with zero attached hydrogens (tertiary/aromatic N) is 2. The Bertz CT molecular complexity index is 544. The SMILES string of the molecule is CC(C)=CCN1CCN(Cc2ccc(O)c(Cl)c2)C[C@@H]1CCO. The summed E-state index contributed by atoms with van der Waals surface area (Å²) in [6.45, 7) is 9.16. The third-order valence-electron chi connectivity index (χ3n) is 4.30. The van der Waals surface area contributed by atoms with E-state index in [4.69, 9.17) is 11.6 Å². The van der Waals surface area contributed by atoms with Crippen molar-refractivity contribution in [2.75, 3.05) is 32.8 Å². The molecule has 1 heterocycles. The molecule has 23 heavy (non-hydrogen) atoms. The number of allylic oxidation sites excluding steroid dienone is 1. The Morgan fingerprint density at radius 3 is 2.78 bits per heavy atom. The third-order valence-corrected chi connectivity index (χ3v) is 4.61. The summed E-state index contributed by atoms with van der Waals surface area (Å²) in [6.07, 6.45) is 3.04. The lowest BCUT2D eigenvalue weighted by atomic mass is 10.1. The summed E-state index contributed by atoms with van der Waals surface area (Å²) in [4.78, 5) is 4.84.